The predicted octanol–water partition coefficient (Wildman–Crippen LogP) is 3.32. The molecule has 1 fully saturated rings. The van der Waals surface area contributed by atoms with Crippen molar-refractivity contribution in [2.24, 2.45) is 0 Å². The molecule has 1 aliphatic rings. The minimum absolute atomic E-state index is 0.0926. The summed E-state index contributed by atoms with van der Waals surface area (Å²) < 4.78 is 20.8. The molecular weight excluding hydrogens is 371 g/mol. The van der Waals surface area contributed by atoms with Crippen LogP contribution in [-0.4, -0.2) is 28.8 Å². The first kappa shape index (κ1) is 19.1. The summed E-state index contributed by atoms with van der Waals surface area (Å²) in [4.78, 5) is 13.2. The Morgan fingerprint density at radius 2 is 2.00 bits per heavy atom. The summed E-state index contributed by atoms with van der Waals surface area (Å²) >= 11 is 0. The van der Waals surface area contributed by atoms with Crippen LogP contribution in [0.1, 0.15) is 18.4 Å². The Morgan fingerprint density at radius 1 is 1.17 bits per heavy atom. The Bertz CT molecular complexity index is 968. The molecule has 2 heterocycles. The number of carbonyl (C=O) groups excluding carboxylic acids is 1. The lowest BCUT2D eigenvalue weighted by Crippen LogP contribution is -2.52. The molecule has 3 aromatic rings. The molecule has 1 aliphatic heterocycles. The number of carbonyl (C=O) groups is 1. The van der Waals surface area contributed by atoms with Crippen LogP contribution in [0.5, 0.6) is 5.75 Å². The minimum atomic E-state index is -0.715. The molecule has 0 atom stereocenters. The van der Waals surface area contributed by atoms with Gasteiger partial charge in [-0.25, -0.2) is 4.39 Å². The van der Waals surface area contributed by atoms with Crippen molar-refractivity contribution in [1.29, 1.82) is 0 Å². The molecule has 4 rings (SSSR count). The van der Waals surface area contributed by atoms with Gasteiger partial charge in [-0.2, -0.15) is 5.10 Å². The van der Waals surface area contributed by atoms with E-state index in [2.05, 4.69) is 15.7 Å². The third-order valence-corrected chi connectivity index (χ3v) is 5.18. The van der Waals surface area contributed by atoms with Gasteiger partial charge in [-0.15, -0.1) is 0 Å². The molecule has 7 heteroatoms. The molecule has 150 valence electrons. The second-order valence-corrected chi connectivity index (χ2v) is 7.13. The highest BCUT2D eigenvalue weighted by atomic mass is 19.1. The first-order valence-corrected chi connectivity index (χ1v) is 9.65. The number of benzene rings is 2. The molecule has 29 heavy (non-hydrogen) atoms. The summed E-state index contributed by atoms with van der Waals surface area (Å²) in [5.74, 6) is 0.216. The van der Waals surface area contributed by atoms with Crippen LogP contribution < -0.4 is 15.4 Å². The van der Waals surface area contributed by atoms with Crippen LogP contribution in [0.3, 0.4) is 0 Å². The van der Waals surface area contributed by atoms with Gasteiger partial charge >= 0.3 is 0 Å². The number of nitrogens with zero attached hydrogens (tertiary/aromatic N) is 2. The van der Waals surface area contributed by atoms with Crippen molar-refractivity contribution in [3.63, 3.8) is 0 Å². The molecule has 6 nitrogen and oxygen atoms in total. The number of piperidine rings is 1. The zero-order chi connectivity index (χ0) is 20.1. The molecule has 0 saturated carbocycles. The van der Waals surface area contributed by atoms with Gasteiger partial charge in [0.1, 0.15) is 23.7 Å². The Hall–Kier alpha value is -3.19. The van der Waals surface area contributed by atoms with Crippen molar-refractivity contribution >= 4 is 11.6 Å². The third-order valence-electron chi connectivity index (χ3n) is 5.18. The Morgan fingerprint density at radius 3 is 2.76 bits per heavy atom. The van der Waals surface area contributed by atoms with Gasteiger partial charge in [0.05, 0.1) is 0 Å². The van der Waals surface area contributed by atoms with E-state index in [0.717, 1.165) is 18.7 Å². The van der Waals surface area contributed by atoms with Gasteiger partial charge in [0.15, 0.2) is 0 Å². The summed E-state index contributed by atoms with van der Waals surface area (Å²) in [6.07, 6.45) is 4.86. The quantitative estimate of drug-likeness (QED) is 0.673. The molecule has 0 spiro atoms. The van der Waals surface area contributed by atoms with E-state index in [1.165, 1.54) is 12.1 Å². The number of rotatable bonds is 6. The molecule has 0 bridgehead atoms. The van der Waals surface area contributed by atoms with Crippen LogP contribution in [0.15, 0.2) is 67.0 Å². The van der Waals surface area contributed by atoms with Crippen molar-refractivity contribution in [3.8, 4) is 5.75 Å². The fourth-order valence-electron chi connectivity index (χ4n) is 3.63. The minimum Gasteiger partial charge on any atom is -0.489 e. The van der Waals surface area contributed by atoms with E-state index in [9.17, 15) is 9.18 Å². The van der Waals surface area contributed by atoms with Crippen LogP contribution in [0.4, 0.5) is 10.1 Å². The van der Waals surface area contributed by atoms with E-state index < -0.39 is 5.54 Å². The van der Waals surface area contributed by atoms with Crippen LogP contribution in [-0.2, 0) is 16.9 Å². The van der Waals surface area contributed by atoms with Gasteiger partial charge in [0, 0.05) is 24.1 Å². The van der Waals surface area contributed by atoms with E-state index in [1.54, 1.807) is 29.1 Å². The van der Waals surface area contributed by atoms with Crippen molar-refractivity contribution in [2.75, 3.05) is 18.4 Å². The van der Waals surface area contributed by atoms with Gasteiger partial charge in [-0.3, -0.25) is 9.48 Å². The van der Waals surface area contributed by atoms with Gasteiger partial charge in [-0.1, -0.05) is 18.2 Å². The lowest BCUT2D eigenvalue weighted by molar-refractivity contribution is -0.126. The summed E-state index contributed by atoms with van der Waals surface area (Å²) in [7, 11) is 0. The Kier molecular flexibility index (Phi) is 5.57. The monoisotopic (exact) mass is 394 g/mol. The molecule has 0 aliphatic carbocycles. The summed E-state index contributed by atoms with van der Waals surface area (Å²) in [6.45, 7) is 1.76. The van der Waals surface area contributed by atoms with Gasteiger partial charge in [0.25, 0.3) is 5.91 Å². The van der Waals surface area contributed by atoms with Crippen molar-refractivity contribution in [2.45, 2.75) is 25.0 Å². The second-order valence-electron chi connectivity index (χ2n) is 7.13. The van der Waals surface area contributed by atoms with Gasteiger partial charge < -0.3 is 15.4 Å². The number of hydrogen-bond donors (Lipinski definition) is 2. The molecular formula is C22H23FN4O2. The van der Waals surface area contributed by atoms with Gasteiger partial charge in [0.2, 0.25) is 0 Å². The van der Waals surface area contributed by atoms with Crippen molar-refractivity contribution < 1.29 is 13.9 Å². The topological polar surface area (TPSA) is 68.2 Å². The zero-order valence-electron chi connectivity index (χ0n) is 16.0. The number of hydrogen-bond acceptors (Lipinski definition) is 4. The fraction of sp³-hybridized carbons (Fsp3) is 0.273. The Labute approximate surface area is 168 Å². The van der Waals surface area contributed by atoms with Crippen molar-refractivity contribution in [1.82, 2.24) is 15.1 Å². The highest BCUT2D eigenvalue weighted by Crippen LogP contribution is 2.29. The summed E-state index contributed by atoms with van der Waals surface area (Å²) in [6, 6.07) is 15.4. The first-order chi connectivity index (χ1) is 14.2. The molecule has 1 amide bonds. The number of halogens is 1. The molecule has 1 saturated heterocycles. The zero-order valence-corrected chi connectivity index (χ0v) is 16.0. The van der Waals surface area contributed by atoms with Crippen LogP contribution in [0.25, 0.3) is 0 Å². The van der Waals surface area contributed by atoms with Crippen LogP contribution in [0.2, 0.25) is 0 Å². The summed E-state index contributed by atoms with van der Waals surface area (Å²) in [5.41, 5.74) is 0.677. The first-order valence-electron chi connectivity index (χ1n) is 9.65. The number of anilines is 1. The number of ether oxygens (including phenoxy) is 1. The van der Waals surface area contributed by atoms with E-state index in [0.29, 0.717) is 24.3 Å². The predicted molar refractivity (Wildman–Crippen MR) is 108 cm³/mol. The smallest absolute Gasteiger partial charge is 0.252 e. The highest BCUT2D eigenvalue weighted by molar-refractivity contribution is 5.96. The molecule has 2 aromatic carbocycles. The number of amides is 1. The van der Waals surface area contributed by atoms with E-state index in [4.69, 9.17) is 4.74 Å². The standard InChI is InChI=1S/C22H23FN4O2/c23-18-5-1-4-17(14-18)16-29-20-7-2-6-19(15-20)26-21(28)22(8-11-24-12-9-22)27-13-3-10-25-27/h1-7,10,13-15,24H,8-9,11-12,16H2,(H,26,28). The lowest BCUT2D eigenvalue weighted by Gasteiger charge is -2.36. The maximum Gasteiger partial charge on any atom is 0.252 e. The fourth-order valence-corrected chi connectivity index (χ4v) is 3.63. The maximum atomic E-state index is 13.3. The third kappa shape index (κ3) is 4.30. The number of aromatic nitrogens is 2. The maximum absolute atomic E-state index is 13.3. The molecule has 2 N–H and O–H groups in total. The normalized spacial score (nSPS) is 15.6. The molecule has 0 radical (unpaired) electrons. The lowest BCUT2D eigenvalue weighted by atomic mass is 9.87. The van der Waals surface area contributed by atoms with Gasteiger partial charge in [-0.05, 0) is 61.8 Å². The van der Waals surface area contributed by atoms with Crippen LogP contribution >= 0.6 is 0 Å². The Balaban J connectivity index is 1.47. The number of nitrogens with one attached hydrogen (secondary N) is 2. The largest absolute Gasteiger partial charge is 0.489 e. The summed E-state index contributed by atoms with van der Waals surface area (Å²) in [5, 5.41) is 10.7. The van der Waals surface area contributed by atoms with E-state index in [-0.39, 0.29) is 18.3 Å². The highest BCUT2D eigenvalue weighted by Gasteiger charge is 2.42. The molecule has 1 aromatic heterocycles. The van der Waals surface area contributed by atoms with E-state index in [1.807, 2.05) is 30.5 Å². The average molecular weight is 394 g/mol. The van der Waals surface area contributed by atoms with Crippen molar-refractivity contribution in [3.05, 3.63) is 78.4 Å². The molecule has 0 unspecified atom stereocenters. The van der Waals surface area contributed by atoms with Crippen LogP contribution in [0, 0.1) is 5.82 Å². The average Bonchev–Trinajstić information content (AvgIpc) is 3.29. The second kappa shape index (κ2) is 8.45. The van der Waals surface area contributed by atoms with E-state index >= 15 is 0 Å². The SMILES string of the molecule is O=C(Nc1cccc(OCc2cccc(F)c2)c1)C1(n2cccn2)CCNCC1.